The standard InChI is InChI=1S/C20H25N3O2S/c24-19-18(10-4-5-11-21-19)26-20-22-13-17(15-7-2-1-3-8-15)23(20)14-16-9-6-12-25-16/h1-3,7-8,13,16,18H,4-6,9-12,14H2,(H,21,24)/t16-,18-/m0/s1. The lowest BCUT2D eigenvalue weighted by Crippen LogP contribution is -2.31. The van der Waals surface area contributed by atoms with Crippen molar-refractivity contribution in [3.8, 4) is 11.3 Å². The van der Waals surface area contributed by atoms with E-state index < -0.39 is 0 Å². The third kappa shape index (κ3) is 3.96. The number of aromatic nitrogens is 2. The molecule has 2 aliphatic rings. The molecule has 2 atom stereocenters. The maximum atomic E-state index is 12.4. The minimum atomic E-state index is -0.0632. The monoisotopic (exact) mass is 371 g/mol. The number of benzene rings is 1. The van der Waals surface area contributed by atoms with Crippen LogP contribution in [0.1, 0.15) is 32.1 Å². The first-order valence-corrected chi connectivity index (χ1v) is 10.4. The van der Waals surface area contributed by atoms with E-state index in [0.717, 1.165) is 68.2 Å². The van der Waals surface area contributed by atoms with E-state index in [1.54, 1.807) is 11.8 Å². The predicted molar refractivity (Wildman–Crippen MR) is 103 cm³/mol. The molecule has 2 aliphatic heterocycles. The molecular weight excluding hydrogens is 346 g/mol. The van der Waals surface area contributed by atoms with Gasteiger partial charge in [0.05, 0.1) is 29.8 Å². The smallest absolute Gasteiger partial charge is 0.233 e. The Balaban J connectivity index is 1.62. The van der Waals surface area contributed by atoms with E-state index >= 15 is 0 Å². The van der Waals surface area contributed by atoms with Crippen LogP contribution < -0.4 is 5.32 Å². The maximum absolute atomic E-state index is 12.4. The molecule has 0 bridgehead atoms. The molecule has 1 aromatic heterocycles. The fourth-order valence-corrected chi connectivity index (χ4v) is 4.75. The number of thioether (sulfide) groups is 1. The summed E-state index contributed by atoms with van der Waals surface area (Å²) in [7, 11) is 0. The van der Waals surface area contributed by atoms with Crippen molar-refractivity contribution >= 4 is 17.7 Å². The summed E-state index contributed by atoms with van der Waals surface area (Å²) in [6.07, 6.45) is 7.41. The molecule has 5 nitrogen and oxygen atoms in total. The number of nitrogens with zero attached hydrogens (tertiary/aromatic N) is 2. The van der Waals surface area contributed by atoms with E-state index in [-0.39, 0.29) is 17.3 Å². The zero-order valence-corrected chi connectivity index (χ0v) is 15.7. The Bertz CT molecular complexity index is 741. The normalized spacial score (nSPS) is 23.6. The lowest BCUT2D eigenvalue weighted by atomic mass is 10.1. The van der Waals surface area contributed by atoms with Crippen LogP contribution >= 0.6 is 11.8 Å². The predicted octanol–water partition coefficient (Wildman–Crippen LogP) is 3.49. The highest BCUT2D eigenvalue weighted by atomic mass is 32.2. The number of amides is 1. The lowest BCUT2D eigenvalue weighted by molar-refractivity contribution is -0.120. The Morgan fingerprint density at radius 3 is 2.88 bits per heavy atom. The lowest BCUT2D eigenvalue weighted by Gasteiger charge is -2.18. The molecule has 1 N–H and O–H groups in total. The van der Waals surface area contributed by atoms with E-state index in [2.05, 4.69) is 27.0 Å². The van der Waals surface area contributed by atoms with Crippen LogP contribution in [0.3, 0.4) is 0 Å². The molecule has 4 rings (SSSR count). The highest BCUT2D eigenvalue weighted by Gasteiger charge is 2.26. The summed E-state index contributed by atoms with van der Waals surface area (Å²) in [6.45, 7) is 2.42. The summed E-state index contributed by atoms with van der Waals surface area (Å²) in [5.41, 5.74) is 2.24. The van der Waals surface area contributed by atoms with E-state index in [9.17, 15) is 4.79 Å². The molecular formula is C20H25N3O2S. The van der Waals surface area contributed by atoms with E-state index in [1.165, 1.54) is 0 Å². The maximum Gasteiger partial charge on any atom is 0.233 e. The SMILES string of the molecule is O=C1NCCCC[C@@H]1Sc1ncc(-c2ccccc2)n1C[C@@H]1CCCO1. The summed E-state index contributed by atoms with van der Waals surface area (Å²) in [5.74, 6) is 0.139. The summed E-state index contributed by atoms with van der Waals surface area (Å²) < 4.78 is 8.11. The fourth-order valence-electron chi connectivity index (χ4n) is 3.61. The van der Waals surface area contributed by atoms with Crippen molar-refractivity contribution in [3.05, 3.63) is 36.5 Å². The van der Waals surface area contributed by atoms with E-state index in [4.69, 9.17) is 4.74 Å². The molecule has 2 fully saturated rings. The van der Waals surface area contributed by atoms with E-state index in [0.29, 0.717) is 0 Å². The second kappa shape index (κ2) is 8.27. The van der Waals surface area contributed by atoms with Crippen molar-refractivity contribution in [1.29, 1.82) is 0 Å². The van der Waals surface area contributed by atoms with Crippen LogP contribution in [0.4, 0.5) is 0 Å². The second-order valence-electron chi connectivity index (χ2n) is 6.93. The van der Waals surface area contributed by atoms with Crippen LogP contribution in [0.15, 0.2) is 41.7 Å². The molecule has 0 spiro atoms. The van der Waals surface area contributed by atoms with Crippen molar-refractivity contribution in [3.63, 3.8) is 0 Å². The Labute approximate surface area is 158 Å². The van der Waals surface area contributed by atoms with Gasteiger partial charge >= 0.3 is 0 Å². The number of imidazole rings is 1. The van der Waals surface area contributed by atoms with Gasteiger partial charge in [0, 0.05) is 13.2 Å². The summed E-state index contributed by atoms with van der Waals surface area (Å²) in [4.78, 5) is 17.0. The van der Waals surface area contributed by atoms with Gasteiger partial charge in [-0.3, -0.25) is 4.79 Å². The van der Waals surface area contributed by atoms with Gasteiger partial charge in [-0.1, -0.05) is 48.5 Å². The molecule has 2 aromatic rings. The third-order valence-corrected chi connectivity index (χ3v) is 6.30. The molecule has 0 aliphatic carbocycles. The van der Waals surface area contributed by atoms with Gasteiger partial charge in [-0.2, -0.15) is 0 Å². The first-order valence-electron chi connectivity index (χ1n) is 9.48. The van der Waals surface area contributed by atoms with Gasteiger partial charge in [0.15, 0.2) is 5.16 Å². The molecule has 0 unspecified atom stereocenters. The number of ether oxygens (including phenoxy) is 1. The number of nitrogens with one attached hydrogen (secondary N) is 1. The summed E-state index contributed by atoms with van der Waals surface area (Å²) >= 11 is 1.60. The first-order chi connectivity index (χ1) is 12.8. The Kier molecular flexibility index (Phi) is 5.60. The molecule has 26 heavy (non-hydrogen) atoms. The molecule has 1 amide bonds. The Hall–Kier alpha value is -1.79. The number of carbonyl (C=O) groups is 1. The minimum Gasteiger partial charge on any atom is -0.376 e. The van der Waals surface area contributed by atoms with Crippen LogP contribution in [0.25, 0.3) is 11.3 Å². The van der Waals surface area contributed by atoms with Crippen LogP contribution in [0.2, 0.25) is 0 Å². The second-order valence-corrected chi connectivity index (χ2v) is 8.10. The van der Waals surface area contributed by atoms with Crippen molar-refractivity contribution < 1.29 is 9.53 Å². The van der Waals surface area contributed by atoms with Gasteiger partial charge in [-0.15, -0.1) is 0 Å². The van der Waals surface area contributed by atoms with E-state index in [1.807, 2.05) is 24.4 Å². The Morgan fingerprint density at radius 2 is 2.08 bits per heavy atom. The van der Waals surface area contributed by atoms with Crippen LogP contribution in [0.5, 0.6) is 0 Å². The van der Waals surface area contributed by atoms with Gasteiger partial charge in [0.25, 0.3) is 0 Å². The van der Waals surface area contributed by atoms with Crippen molar-refractivity contribution in [2.24, 2.45) is 0 Å². The van der Waals surface area contributed by atoms with Crippen LogP contribution in [0, 0.1) is 0 Å². The molecule has 3 heterocycles. The first kappa shape index (κ1) is 17.6. The fraction of sp³-hybridized carbons (Fsp3) is 0.500. The van der Waals surface area contributed by atoms with Crippen LogP contribution in [-0.2, 0) is 16.1 Å². The third-order valence-electron chi connectivity index (χ3n) is 5.03. The average molecular weight is 372 g/mol. The van der Waals surface area contributed by atoms with Gasteiger partial charge in [-0.05, 0) is 31.2 Å². The number of rotatable bonds is 5. The number of hydrogen-bond acceptors (Lipinski definition) is 4. The van der Waals surface area contributed by atoms with Gasteiger partial charge in [-0.25, -0.2) is 4.98 Å². The minimum absolute atomic E-state index is 0.0632. The van der Waals surface area contributed by atoms with Gasteiger partial charge in [0.1, 0.15) is 0 Å². The quantitative estimate of drug-likeness (QED) is 0.874. The van der Waals surface area contributed by atoms with Crippen molar-refractivity contribution in [2.75, 3.05) is 13.2 Å². The zero-order valence-electron chi connectivity index (χ0n) is 14.9. The average Bonchev–Trinajstić information content (AvgIpc) is 3.27. The molecule has 0 saturated carbocycles. The summed E-state index contributed by atoms with van der Waals surface area (Å²) in [5, 5.41) is 3.88. The number of carbonyl (C=O) groups excluding carboxylic acids is 1. The zero-order chi connectivity index (χ0) is 17.8. The van der Waals surface area contributed by atoms with Crippen molar-refractivity contribution in [2.45, 2.75) is 55.2 Å². The van der Waals surface area contributed by atoms with Crippen LogP contribution in [-0.4, -0.2) is 40.0 Å². The van der Waals surface area contributed by atoms with Gasteiger partial charge in [0.2, 0.25) is 5.91 Å². The highest BCUT2D eigenvalue weighted by molar-refractivity contribution is 8.00. The topological polar surface area (TPSA) is 56.2 Å². The number of hydrogen-bond donors (Lipinski definition) is 1. The molecule has 0 radical (unpaired) electrons. The molecule has 6 heteroatoms. The molecule has 1 aromatic carbocycles. The Morgan fingerprint density at radius 1 is 1.19 bits per heavy atom. The highest BCUT2D eigenvalue weighted by Crippen LogP contribution is 2.32. The molecule has 138 valence electrons. The summed E-state index contributed by atoms with van der Waals surface area (Å²) in [6, 6.07) is 10.3. The van der Waals surface area contributed by atoms with Crippen molar-refractivity contribution in [1.82, 2.24) is 14.9 Å². The largest absolute Gasteiger partial charge is 0.376 e. The van der Waals surface area contributed by atoms with Gasteiger partial charge < -0.3 is 14.6 Å². The molecule has 2 saturated heterocycles.